The lowest BCUT2D eigenvalue weighted by molar-refractivity contribution is -0.139. The second kappa shape index (κ2) is 10.0. The molecule has 3 heterocycles. The molecule has 10 heteroatoms. The molecule has 4 rings (SSSR count). The average molecular weight is 469 g/mol. The van der Waals surface area contributed by atoms with Crippen molar-refractivity contribution in [3.8, 4) is 0 Å². The number of amides is 2. The van der Waals surface area contributed by atoms with E-state index >= 15 is 0 Å². The van der Waals surface area contributed by atoms with Gasteiger partial charge in [0.25, 0.3) is 5.91 Å². The molecule has 0 radical (unpaired) electrons. The predicted molar refractivity (Wildman–Crippen MR) is 127 cm³/mol. The van der Waals surface area contributed by atoms with Crippen LogP contribution in [0.2, 0.25) is 0 Å². The number of aliphatic hydroxyl groups is 2. The van der Waals surface area contributed by atoms with Gasteiger partial charge in [-0.05, 0) is 44.0 Å². The SMILES string of the molecule is C[C@H](/C=C/CCn1cc(CCO)nn1)[C@@]1(O)C(=O)N(C)c2ccc(NC(=O)[C@H]3CCCN3)cc21. The summed E-state index contributed by atoms with van der Waals surface area (Å²) < 4.78 is 1.70. The van der Waals surface area contributed by atoms with Crippen molar-refractivity contribution in [2.45, 2.75) is 50.8 Å². The minimum absolute atomic E-state index is 0.0293. The van der Waals surface area contributed by atoms with Gasteiger partial charge in [-0.15, -0.1) is 5.10 Å². The molecule has 1 aromatic carbocycles. The van der Waals surface area contributed by atoms with Crippen molar-refractivity contribution < 1.29 is 19.8 Å². The Bertz CT molecular complexity index is 1080. The number of aliphatic hydroxyl groups excluding tert-OH is 1. The number of hydrogen-bond acceptors (Lipinski definition) is 7. The summed E-state index contributed by atoms with van der Waals surface area (Å²) in [5.41, 5.74) is 0.675. The van der Waals surface area contributed by atoms with Gasteiger partial charge in [0.1, 0.15) is 0 Å². The molecule has 2 aliphatic rings. The number of nitrogens with one attached hydrogen (secondary N) is 2. The Balaban J connectivity index is 1.46. The van der Waals surface area contributed by atoms with Gasteiger partial charge < -0.3 is 25.7 Å². The monoisotopic (exact) mass is 468 g/mol. The van der Waals surface area contributed by atoms with E-state index in [9.17, 15) is 14.7 Å². The zero-order valence-electron chi connectivity index (χ0n) is 19.6. The molecule has 1 aromatic heterocycles. The standard InChI is InChI=1S/C24H32N6O4/c1-16(6-3-4-12-30-15-18(10-13-31)27-28-30)24(34)19-14-17(8-9-21(19)29(2)23(24)33)26-22(32)20-7-5-11-25-20/h3,6,8-9,14-16,20,25,31,34H,4-5,7,10-13H2,1-2H3,(H,26,32)/b6-3+/t16-,20-,24+/m1/s1. The van der Waals surface area contributed by atoms with Crippen LogP contribution in [0.5, 0.6) is 0 Å². The fourth-order valence-electron chi connectivity index (χ4n) is 4.59. The smallest absolute Gasteiger partial charge is 0.264 e. The number of likely N-dealkylation sites (N-methyl/N-ethyl adjacent to an activating group) is 1. The third-order valence-electron chi connectivity index (χ3n) is 6.61. The molecule has 10 nitrogen and oxygen atoms in total. The molecule has 34 heavy (non-hydrogen) atoms. The van der Waals surface area contributed by atoms with Crippen LogP contribution < -0.4 is 15.5 Å². The number of rotatable bonds is 9. The number of nitrogens with zero attached hydrogens (tertiary/aromatic N) is 4. The third kappa shape index (κ3) is 4.61. The Morgan fingerprint density at radius 3 is 3.00 bits per heavy atom. The molecule has 2 aromatic rings. The molecule has 2 amide bonds. The van der Waals surface area contributed by atoms with Crippen molar-refractivity contribution in [2.24, 2.45) is 5.92 Å². The highest BCUT2D eigenvalue weighted by molar-refractivity contribution is 6.07. The van der Waals surface area contributed by atoms with Gasteiger partial charge in [-0.1, -0.05) is 24.3 Å². The molecule has 3 atom stereocenters. The van der Waals surface area contributed by atoms with Crippen molar-refractivity contribution in [1.29, 1.82) is 0 Å². The second-order valence-electron chi connectivity index (χ2n) is 8.95. The van der Waals surface area contributed by atoms with Crippen molar-refractivity contribution in [3.63, 3.8) is 0 Å². The van der Waals surface area contributed by atoms with Gasteiger partial charge in [-0.3, -0.25) is 14.3 Å². The normalized spacial score (nSPS) is 23.0. The Hall–Kier alpha value is -3.08. The van der Waals surface area contributed by atoms with E-state index < -0.39 is 17.4 Å². The molecule has 2 aliphatic heterocycles. The summed E-state index contributed by atoms with van der Waals surface area (Å²) in [5, 5.41) is 34.7. The molecule has 0 aliphatic carbocycles. The molecule has 0 bridgehead atoms. The predicted octanol–water partition coefficient (Wildman–Crippen LogP) is 0.950. The quantitative estimate of drug-likeness (QED) is 0.403. The first-order chi connectivity index (χ1) is 16.3. The summed E-state index contributed by atoms with van der Waals surface area (Å²) in [6.07, 6.45) is 8.41. The van der Waals surface area contributed by atoms with Gasteiger partial charge in [0.2, 0.25) is 5.91 Å². The minimum Gasteiger partial charge on any atom is -0.396 e. The number of aromatic nitrogens is 3. The zero-order valence-corrected chi connectivity index (χ0v) is 19.6. The van der Waals surface area contributed by atoms with E-state index in [2.05, 4.69) is 20.9 Å². The zero-order chi connectivity index (χ0) is 24.3. The Morgan fingerprint density at radius 2 is 2.26 bits per heavy atom. The first kappa shape index (κ1) is 24.1. The highest BCUT2D eigenvalue weighted by Crippen LogP contribution is 2.45. The van der Waals surface area contributed by atoms with Crippen molar-refractivity contribution >= 4 is 23.2 Å². The summed E-state index contributed by atoms with van der Waals surface area (Å²) in [6.45, 7) is 3.25. The van der Waals surface area contributed by atoms with Crippen LogP contribution in [-0.2, 0) is 28.2 Å². The number of carbonyl (C=O) groups excluding carboxylic acids is 2. The summed E-state index contributed by atoms with van der Waals surface area (Å²) in [6, 6.07) is 4.99. The highest BCUT2D eigenvalue weighted by atomic mass is 16.3. The van der Waals surface area contributed by atoms with Crippen molar-refractivity contribution in [2.75, 3.05) is 30.4 Å². The van der Waals surface area contributed by atoms with Crippen LogP contribution in [0.3, 0.4) is 0 Å². The second-order valence-corrected chi connectivity index (χ2v) is 8.95. The first-order valence-electron chi connectivity index (χ1n) is 11.7. The van der Waals surface area contributed by atoms with E-state index in [1.54, 1.807) is 43.0 Å². The maximum absolute atomic E-state index is 13.1. The Kier molecular flexibility index (Phi) is 7.11. The van der Waals surface area contributed by atoms with E-state index in [1.807, 2.05) is 12.2 Å². The Labute approximate surface area is 198 Å². The van der Waals surface area contributed by atoms with E-state index in [0.29, 0.717) is 36.3 Å². The topological polar surface area (TPSA) is 133 Å². The molecule has 0 saturated carbocycles. The summed E-state index contributed by atoms with van der Waals surface area (Å²) in [4.78, 5) is 27.1. The van der Waals surface area contributed by atoms with E-state index in [-0.39, 0.29) is 18.6 Å². The first-order valence-corrected chi connectivity index (χ1v) is 11.7. The molecule has 182 valence electrons. The van der Waals surface area contributed by atoms with Crippen LogP contribution >= 0.6 is 0 Å². The van der Waals surface area contributed by atoms with Gasteiger partial charge in [0.15, 0.2) is 5.60 Å². The fraction of sp³-hybridized carbons (Fsp3) is 0.500. The molecule has 1 saturated heterocycles. The van der Waals surface area contributed by atoms with E-state index in [1.165, 1.54) is 4.90 Å². The number of carbonyl (C=O) groups is 2. The van der Waals surface area contributed by atoms with Crippen LogP contribution in [0.4, 0.5) is 11.4 Å². The largest absolute Gasteiger partial charge is 0.396 e. The van der Waals surface area contributed by atoms with Gasteiger partial charge in [-0.2, -0.15) is 0 Å². The number of fused-ring (bicyclic) bond motifs is 1. The van der Waals surface area contributed by atoms with Crippen LogP contribution in [0.15, 0.2) is 36.5 Å². The van der Waals surface area contributed by atoms with Gasteiger partial charge in [-0.25, -0.2) is 0 Å². The number of allylic oxidation sites excluding steroid dienone is 1. The fourth-order valence-corrected chi connectivity index (χ4v) is 4.59. The number of anilines is 2. The van der Waals surface area contributed by atoms with Gasteiger partial charge in [0, 0.05) is 50.0 Å². The molecule has 0 unspecified atom stereocenters. The van der Waals surface area contributed by atoms with Crippen molar-refractivity contribution in [1.82, 2.24) is 20.3 Å². The summed E-state index contributed by atoms with van der Waals surface area (Å²) in [7, 11) is 1.64. The molecular weight excluding hydrogens is 436 g/mol. The lowest BCUT2D eigenvalue weighted by Crippen LogP contribution is -2.43. The average Bonchev–Trinajstić information content (AvgIpc) is 3.56. The van der Waals surface area contributed by atoms with Crippen LogP contribution in [0.25, 0.3) is 0 Å². The van der Waals surface area contributed by atoms with Gasteiger partial charge in [0.05, 0.1) is 17.4 Å². The van der Waals surface area contributed by atoms with Crippen LogP contribution in [-0.4, -0.2) is 63.3 Å². The van der Waals surface area contributed by atoms with Crippen LogP contribution in [0.1, 0.15) is 37.4 Å². The maximum Gasteiger partial charge on any atom is 0.264 e. The number of hydrogen-bond donors (Lipinski definition) is 4. The van der Waals surface area contributed by atoms with E-state index in [0.717, 1.165) is 25.1 Å². The summed E-state index contributed by atoms with van der Waals surface area (Å²) in [5.74, 6) is -1.00. The molecule has 0 spiro atoms. The summed E-state index contributed by atoms with van der Waals surface area (Å²) >= 11 is 0. The van der Waals surface area contributed by atoms with Crippen LogP contribution in [0, 0.1) is 5.92 Å². The molecule has 4 N–H and O–H groups in total. The van der Waals surface area contributed by atoms with Crippen molar-refractivity contribution in [3.05, 3.63) is 47.8 Å². The lowest BCUT2D eigenvalue weighted by Gasteiger charge is -2.27. The number of aryl methyl sites for hydroxylation is 1. The minimum atomic E-state index is -1.73. The molecule has 1 fully saturated rings. The van der Waals surface area contributed by atoms with E-state index in [4.69, 9.17) is 5.11 Å². The highest BCUT2D eigenvalue weighted by Gasteiger charge is 2.51. The molecular formula is C24H32N6O4. The lowest BCUT2D eigenvalue weighted by atomic mass is 9.82. The third-order valence-corrected chi connectivity index (χ3v) is 6.61. The van der Waals surface area contributed by atoms with Gasteiger partial charge >= 0.3 is 0 Å². The number of benzene rings is 1. The Morgan fingerprint density at radius 1 is 1.44 bits per heavy atom. The maximum atomic E-state index is 13.1.